The molecular formula is C30H27NO6. The number of nitrogens with zero attached hydrogens (tertiary/aromatic N) is 1. The maximum Gasteiger partial charge on any atom is 0.260 e. The topological polar surface area (TPSA) is 78.2 Å². The van der Waals surface area contributed by atoms with Crippen LogP contribution in [0.5, 0.6) is 11.5 Å². The van der Waals surface area contributed by atoms with E-state index in [2.05, 4.69) is 6.07 Å². The highest BCUT2D eigenvalue weighted by atomic mass is 16.5. The Labute approximate surface area is 214 Å². The van der Waals surface area contributed by atoms with Gasteiger partial charge in [0.2, 0.25) is 5.78 Å². The lowest BCUT2D eigenvalue weighted by Gasteiger charge is -2.26. The fraction of sp³-hybridized carbons (Fsp3) is 0.267. The van der Waals surface area contributed by atoms with Gasteiger partial charge in [-0.3, -0.25) is 9.59 Å². The number of carbonyl (C=O) groups excluding carboxylic acids is 2. The van der Waals surface area contributed by atoms with E-state index in [1.54, 1.807) is 17.0 Å². The van der Waals surface area contributed by atoms with Crippen molar-refractivity contribution in [2.75, 3.05) is 39.5 Å². The zero-order chi connectivity index (χ0) is 25.2. The summed E-state index contributed by atoms with van der Waals surface area (Å²) in [5.74, 6) is 1.45. The summed E-state index contributed by atoms with van der Waals surface area (Å²) in [4.78, 5) is 27.7. The molecule has 1 amide bonds. The van der Waals surface area contributed by atoms with E-state index < -0.39 is 0 Å². The molecule has 3 heterocycles. The molecule has 1 fully saturated rings. The van der Waals surface area contributed by atoms with Gasteiger partial charge < -0.3 is 23.5 Å². The molecule has 0 saturated carbocycles. The largest absolute Gasteiger partial charge is 0.493 e. The lowest BCUT2D eigenvalue weighted by Crippen LogP contribution is -2.42. The molecule has 6 rings (SSSR count). The molecule has 1 saturated heterocycles. The van der Waals surface area contributed by atoms with Gasteiger partial charge in [-0.25, -0.2) is 0 Å². The quantitative estimate of drug-likeness (QED) is 0.353. The first-order valence-electron chi connectivity index (χ1n) is 12.6. The summed E-state index contributed by atoms with van der Waals surface area (Å²) >= 11 is 0. The molecule has 1 aromatic heterocycles. The van der Waals surface area contributed by atoms with E-state index in [0.29, 0.717) is 55.6 Å². The standard InChI is InChI=1S/C30H27NO6/c32-27(31-12-15-34-16-13-31)19-36-23-10-8-20(9-11-23)28-24-17-22-7-4-14-35-25(22)18-26(24)37-30(28)29(33)21-5-2-1-3-6-21/h1-3,5-6,8-11,17-18H,4,7,12-16,19H2. The second-order valence-electron chi connectivity index (χ2n) is 9.22. The minimum atomic E-state index is -0.179. The van der Waals surface area contributed by atoms with Gasteiger partial charge in [-0.1, -0.05) is 42.5 Å². The van der Waals surface area contributed by atoms with Gasteiger partial charge in [-0.05, 0) is 42.2 Å². The maximum atomic E-state index is 13.5. The molecule has 37 heavy (non-hydrogen) atoms. The third kappa shape index (κ3) is 4.70. The average Bonchev–Trinajstić information content (AvgIpc) is 3.33. The van der Waals surface area contributed by atoms with Crippen LogP contribution in [0.3, 0.4) is 0 Å². The SMILES string of the molecule is O=C(c1ccccc1)c1oc2cc3c(cc2c1-c1ccc(OCC(=O)N2CCOCC2)cc1)CCCO3. The Morgan fingerprint density at radius 2 is 1.70 bits per heavy atom. The third-order valence-corrected chi connectivity index (χ3v) is 6.83. The van der Waals surface area contributed by atoms with Crippen molar-refractivity contribution >= 4 is 22.7 Å². The number of benzene rings is 3. The van der Waals surface area contributed by atoms with Gasteiger partial charge >= 0.3 is 0 Å². The van der Waals surface area contributed by atoms with E-state index >= 15 is 0 Å². The number of hydrogen-bond donors (Lipinski definition) is 0. The Kier molecular flexibility index (Phi) is 6.37. The van der Waals surface area contributed by atoms with E-state index in [1.807, 2.05) is 48.5 Å². The number of hydrogen-bond acceptors (Lipinski definition) is 6. The lowest BCUT2D eigenvalue weighted by atomic mass is 9.95. The highest BCUT2D eigenvalue weighted by molar-refractivity contribution is 6.15. The van der Waals surface area contributed by atoms with E-state index in [1.165, 1.54) is 0 Å². The highest BCUT2D eigenvalue weighted by Gasteiger charge is 2.25. The van der Waals surface area contributed by atoms with E-state index in [0.717, 1.165) is 40.7 Å². The van der Waals surface area contributed by atoms with Crippen LogP contribution in [0.25, 0.3) is 22.1 Å². The van der Waals surface area contributed by atoms with Crippen molar-refractivity contribution < 1.29 is 28.2 Å². The monoisotopic (exact) mass is 497 g/mol. The first-order valence-corrected chi connectivity index (χ1v) is 12.6. The Morgan fingerprint density at radius 1 is 0.919 bits per heavy atom. The van der Waals surface area contributed by atoms with Crippen LogP contribution >= 0.6 is 0 Å². The average molecular weight is 498 g/mol. The molecule has 0 N–H and O–H groups in total. The summed E-state index contributed by atoms with van der Waals surface area (Å²) in [5.41, 5.74) is 3.87. The molecule has 0 radical (unpaired) electrons. The number of ether oxygens (including phenoxy) is 3. The Balaban J connectivity index is 1.33. The molecule has 188 valence electrons. The number of morpholine rings is 1. The number of furan rings is 1. The summed E-state index contributed by atoms with van der Waals surface area (Å²) in [5, 5.41) is 0.875. The normalized spacial score (nSPS) is 15.2. The predicted molar refractivity (Wildman–Crippen MR) is 138 cm³/mol. The van der Waals surface area contributed by atoms with Gasteiger partial charge in [0.05, 0.1) is 19.8 Å². The van der Waals surface area contributed by atoms with Crippen LogP contribution in [0.15, 0.2) is 71.1 Å². The first-order chi connectivity index (χ1) is 18.2. The Bertz CT molecular complexity index is 1430. The molecule has 7 heteroatoms. The second-order valence-corrected chi connectivity index (χ2v) is 9.22. The van der Waals surface area contributed by atoms with Crippen molar-refractivity contribution in [1.29, 1.82) is 0 Å². The summed E-state index contributed by atoms with van der Waals surface area (Å²) in [6.07, 6.45) is 1.87. The Hall–Kier alpha value is -4.10. The van der Waals surface area contributed by atoms with Crippen LogP contribution in [0.4, 0.5) is 0 Å². The van der Waals surface area contributed by atoms with E-state index in [-0.39, 0.29) is 18.3 Å². The van der Waals surface area contributed by atoms with Crippen molar-refractivity contribution in [3.05, 3.63) is 83.6 Å². The molecule has 7 nitrogen and oxygen atoms in total. The fourth-order valence-electron chi connectivity index (χ4n) is 4.88. The predicted octanol–water partition coefficient (Wildman–Crippen LogP) is 4.89. The minimum Gasteiger partial charge on any atom is -0.493 e. The molecule has 0 spiro atoms. The summed E-state index contributed by atoms with van der Waals surface area (Å²) < 4.78 is 23.1. The van der Waals surface area contributed by atoms with E-state index in [9.17, 15) is 9.59 Å². The van der Waals surface area contributed by atoms with Gasteiger partial charge in [-0.2, -0.15) is 0 Å². The number of fused-ring (bicyclic) bond motifs is 2. The molecule has 0 atom stereocenters. The summed E-state index contributed by atoms with van der Waals surface area (Å²) in [7, 11) is 0. The molecular weight excluding hydrogens is 470 g/mol. The van der Waals surface area contributed by atoms with Crippen LogP contribution in [-0.2, 0) is 16.0 Å². The van der Waals surface area contributed by atoms with Crippen LogP contribution in [0, 0.1) is 0 Å². The number of aryl methyl sites for hydroxylation is 1. The van der Waals surface area contributed by atoms with Gasteiger partial charge in [0.25, 0.3) is 5.91 Å². The first kappa shape index (κ1) is 23.3. The summed E-state index contributed by atoms with van der Waals surface area (Å²) in [6, 6.07) is 20.5. The molecule has 0 unspecified atom stereocenters. The van der Waals surface area contributed by atoms with Gasteiger partial charge in [-0.15, -0.1) is 0 Å². The zero-order valence-electron chi connectivity index (χ0n) is 20.4. The molecule has 0 bridgehead atoms. The maximum absolute atomic E-state index is 13.5. The van der Waals surface area contributed by atoms with Gasteiger partial charge in [0.1, 0.15) is 17.1 Å². The number of rotatable bonds is 6. The van der Waals surface area contributed by atoms with Crippen molar-refractivity contribution in [3.63, 3.8) is 0 Å². The number of amides is 1. The molecule has 3 aromatic carbocycles. The number of ketones is 1. The van der Waals surface area contributed by atoms with Crippen molar-refractivity contribution in [2.24, 2.45) is 0 Å². The van der Waals surface area contributed by atoms with Gasteiger partial charge in [0, 0.05) is 35.7 Å². The molecule has 0 aliphatic carbocycles. The van der Waals surface area contributed by atoms with Crippen LogP contribution in [0.1, 0.15) is 28.1 Å². The molecule has 2 aliphatic rings. The van der Waals surface area contributed by atoms with Crippen LogP contribution < -0.4 is 9.47 Å². The fourth-order valence-corrected chi connectivity index (χ4v) is 4.88. The third-order valence-electron chi connectivity index (χ3n) is 6.83. The van der Waals surface area contributed by atoms with Gasteiger partial charge in [0.15, 0.2) is 12.4 Å². The second kappa shape index (κ2) is 10.1. The van der Waals surface area contributed by atoms with E-state index in [4.69, 9.17) is 18.6 Å². The lowest BCUT2D eigenvalue weighted by molar-refractivity contribution is -0.137. The molecule has 2 aliphatic heterocycles. The Morgan fingerprint density at radius 3 is 2.49 bits per heavy atom. The minimum absolute atomic E-state index is 0.0299. The van der Waals surface area contributed by atoms with Crippen molar-refractivity contribution in [1.82, 2.24) is 4.90 Å². The van der Waals surface area contributed by atoms with Crippen LogP contribution in [-0.4, -0.2) is 56.1 Å². The summed E-state index contributed by atoms with van der Waals surface area (Å²) in [6.45, 7) is 2.93. The van der Waals surface area contributed by atoms with Crippen molar-refractivity contribution in [3.8, 4) is 22.6 Å². The number of carbonyl (C=O) groups is 2. The highest BCUT2D eigenvalue weighted by Crippen LogP contribution is 2.40. The molecule has 4 aromatic rings. The smallest absolute Gasteiger partial charge is 0.260 e. The van der Waals surface area contributed by atoms with Crippen LogP contribution in [0.2, 0.25) is 0 Å². The zero-order valence-corrected chi connectivity index (χ0v) is 20.4. The van der Waals surface area contributed by atoms with Crippen molar-refractivity contribution in [2.45, 2.75) is 12.8 Å².